The lowest BCUT2D eigenvalue weighted by molar-refractivity contribution is -0.142. The second-order valence-electron chi connectivity index (χ2n) is 9.38. The van der Waals surface area contributed by atoms with E-state index >= 15 is 0 Å². The Morgan fingerprint density at radius 2 is 1.87 bits per heavy atom. The summed E-state index contributed by atoms with van der Waals surface area (Å²) in [6.07, 6.45) is 2.89. The molecule has 1 atom stereocenters. The van der Waals surface area contributed by atoms with Gasteiger partial charge in [0, 0.05) is 18.3 Å². The number of benzene rings is 2. The van der Waals surface area contributed by atoms with Crippen LogP contribution >= 0.6 is 0 Å². The molecule has 4 aromatic rings. The summed E-state index contributed by atoms with van der Waals surface area (Å²) in [6, 6.07) is 21.8. The number of rotatable bonds is 7. The third-order valence-electron chi connectivity index (χ3n) is 6.83. The van der Waals surface area contributed by atoms with Crippen LogP contribution in [0, 0.1) is 6.92 Å². The molecule has 1 aliphatic heterocycles. The molecule has 0 bridgehead atoms. The fourth-order valence-electron chi connectivity index (χ4n) is 5.15. The molecule has 2 aromatic heterocycles. The van der Waals surface area contributed by atoms with Gasteiger partial charge >= 0.3 is 12.0 Å². The average Bonchev–Trinajstić information content (AvgIpc) is 3.50. The van der Waals surface area contributed by atoms with Crippen LogP contribution in [0.5, 0.6) is 0 Å². The third kappa shape index (κ3) is 4.81. The van der Waals surface area contributed by atoms with Crippen LogP contribution < -0.4 is 5.32 Å². The van der Waals surface area contributed by atoms with Gasteiger partial charge in [-0.1, -0.05) is 55.0 Å². The van der Waals surface area contributed by atoms with Crippen LogP contribution in [0.1, 0.15) is 54.4 Å². The fraction of sp³-hybridized carbons (Fsp3) is 0.300. The van der Waals surface area contributed by atoms with E-state index < -0.39 is 0 Å². The first-order valence-electron chi connectivity index (χ1n) is 13.1. The molecule has 196 valence electrons. The molecule has 0 radical (unpaired) electrons. The second kappa shape index (κ2) is 11.0. The molecule has 1 N–H and O–H groups in total. The Labute approximate surface area is 222 Å². The molecule has 0 saturated heterocycles. The number of fused-ring (bicyclic) bond motifs is 3. The van der Waals surface area contributed by atoms with Crippen LogP contribution in [-0.4, -0.2) is 44.4 Å². The molecule has 8 heteroatoms. The van der Waals surface area contributed by atoms with Gasteiger partial charge in [0.15, 0.2) is 0 Å². The Bertz CT molecular complexity index is 1440. The molecule has 0 spiro atoms. The number of nitrogens with one attached hydrogen (secondary N) is 1. The summed E-state index contributed by atoms with van der Waals surface area (Å²) in [5, 5.41) is 7.95. The van der Waals surface area contributed by atoms with Gasteiger partial charge in [0.25, 0.3) is 0 Å². The molecule has 1 aliphatic rings. The number of esters is 1. The first-order valence-corrected chi connectivity index (χ1v) is 13.1. The monoisotopic (exact) mass is 511 g/mol. The van der Waals surface area contributed by atoms with Crippen molar-refractivity contribution in [1.29, 1.82) is 0 Å². The number of urea groups is 1. The smallest absolute Gasteiger partial charge is 0.318 e. The topological polar surface area (TPSA) is 81.4 Å². The maximum atomic E-state index is 13.8. The molecule has 0 aliphatic carbocycles. The number of ether oxygens (including phenoxy) is 1. The average molecular weight is 512 g/mol. The number of aryl methyl sites for hydroxylation is 2. The summed E-state index contributed by atoms with van der Waals surface area (Å²) in [5.41, 5.74) is 6.02. The molecule has 0 saturated carbocycles. The molecule has 5 rings (SSSR count). The molecule has 2 amide bonds. The zero-order valence-electron chi connectivity index (χ0n) is 22.1. The maximum absolute atomic E-state index is 13.8. The van der Waals surface area contributed by atoms with Crippen molar-refractivity contribution in [3.05, 3.63) is 101 Å². The van der Waals surface area contributed by atoms with Crippen molar-refractivity contribution in [2.45, 2.75) is 46.2 Å². The molecule has 0 fully saturated rings. The number of para-hydroxylation sites is 1. The van der Waals surface area contributed by atoms with Gasteiger partial charge in [-0.15, -0.1) is 0 Å². The van der Waals surface area contributed by atoms with E-state index in [4.69, 9.17) is 9.84 Å². The maximum Gasteiger partial charge on any atom is 0.318 e. The number of aromatic nitrogens is 3. The highest BCUT2D eigenvalue weighted by Gasteiger charge is 2.36. The van der Waals surface area contributed by atoms with Crippen LogP contribution in [0.3, 0.4) is 0 Å². The van der Waals surface area contributed by atoms with Crippen molar-refractivity contribution in [1.82, 2.24) is 24.6 Å². The molecule has 8 nitrogen and oxygen atoms in total. The van der Waals surface area contributed by atoms with E-state index in [1.54, 1.807) is 6.92 Å². The largest absolute Gasteiger partial charge is 0.466 e. The van der Waals surface area contributed by atoms with Crippen LogP contribution in [0.4, 0.5) is 4.79 Å². The van der Waals surface area contributed by atoms with Gasteiger partial charge in [0.2, 0.25) is 0 Å². The number of carbonyl (C=O) groups excluding carboxylic acids is 2. The van der Waals surface area contributed by atoms with E-state index in [0.29, 0.717) is 13.2 Å². The zero-order chi connectivity index (χ0) is 26.6. The van der Waals surface area contributed by atoms with Crippen LogP contribution in [0.2, 0.25) is 0 Å². The van der Waals surface area contributed by atoms with Gasteiger partial charge in [0.05, 0.1) is 42.7 Å². The van der Waals surface area contributed by atoms with Crippen molar-refractivity contribution in [2.24, 2.45) is 0 Å². The van der Waals surface area contributed by atoms with E-state index in [0.717, 1.165) is 46.0 Å². The van der Waals surface area contributed by atoms with Gasteiger partial charge in [-0.3, -0.25) is 4.79 Å². The first kappa shape index (κ1) is 25.3. The molecule has 0 unspecified atom stereocenters. The number of hydrogen-bond acceptors (Lipinski definition) is 4. The van der Waals surface area contributed by atoms with Crippen LogP contribution in [0.25, 0.3) is 11.5 Å². The van der Waals surface area contributed by atoms with E-state index in [1.807, 2.05) is 58.2 Å². The first-order chi connectivity index (χ1) is 18.5. The van der Waals surface area contributed by atoms with Gasteiger partial charge in [0.1, 0.15) is 5.82 Å². The summed E-state index contributed by atoms with van der Waals surface area (Å²) < 4.78 is 9.17. The molecular weight excluding hydrogens is 478 g/mol. The lowest BCUT2D eigenvalue weighted by atomic mass is 10.00. The normalized spacial score (nSPS) is 14.4. The minimum Gasteiger partial charge on any atom is -0.466 e. The highest BCUT2D eigenvalue weighted by molar-refractivity contribution is 5.77. The summed E-state index contributed by atoms with van der Waals surface area (Å²) in [5.74, 6) is 0.611. The van der Waals surface area contributed by atoms with Crippen molar-refractivity contribution in [3.63, 3.8) is 0 Å². The molecule has 38 heavy (non-hydrogen) atoms. The minimum atomic E-state index is -0.339. The summed E-state index contributed by atoms with van der Waals surface area (Å²) in [4.78, 5) is 27.5. The van der Waals surface area contributed by atoms with E-state index in [-0.39, 0.29) is 31.0 Å². The Kier molecular flexibility index (Phi) is 7.31. The number of hydrogen-bond donors (Lipinski definition) is 1. The van der Waals surface area contributed by atoms with Crippen LogP contribution in [-0.2, 0) is 22.5 Å². The minimum absolute atomic E-state index is 0.121. The SMILES string of the molecule is CCOC(=O)CCNC(=O)N1Cc2c(CC)nn(-c3ccccc3)c2-n2cccc2[C@H]1c1cccc(C)c1. The van der Waals surface area contributed by atoms with Crippen LogP contribution in [0.15, 0.2) is 72.9 Å². The number of nitrogens with zero attached hydrogens (tertiary/aromatic N) is 4. The summed E-state index contributed by atoms with van der Waals surface area (Å²) in [6.45, 7) is 6.80. The predicted molar refractivity (Wildman–Crippen MR) is 145 cm³/mol. The molecular formula is C30H33N5O3. The van der Waals surface area contributed by atoms with E-state index in [2.05, 4.69) is 48.0 Å². The molecule has 3 heterocycles. The Balaban J connectivity index is 1.63. The van der Waals surface area contributed by atoms with Crippen molar-refractivity contribution in [2.75, 3.05) is 13.2 Å². The van der Waals surface area contributed by atoms with Crippen molar-refractivity contribution in [3.8, 4) is 11.5 Å². The van der Waals surface area contributed by atoms with Crippen molar-refractivity contribution >= 4 is 12.0 Å². The van der Waals surface area contributed by atoms with Gasteiger partial charge in [-0.25, -0.2) is 9.48 Å². The lowest BCUT2D eigenvalue weighted by Gasteiger charge is -2.31. The fourth-order valence-corrected chi connectivity index (χ4v) is 5.15. The highest BCUT2D eigenvalue weighted by Crippen LogP contribution is 2.38. The molecule has 2 aromatic carbocycles. The Morgan fingerprint density at radius 3 is 2.61 bits per heavy atom. The van der Waals surface area contributed by atoms with Crippen molar-refractivity contribution < 1.29 is 14.3 Å². The number of carbonyl (C=O) groups is 2. The van der Waals surface area contributed by atoms with Gasteiger partial charge in [-0.2, -0.15) is 5.10 Å². The Hall–Kier alpha value is -4.33. The highest BCUT2D eigenvalue weighted by atomic mass is 16.5. The Morgan fingerprint density at radius 1 is 1.05 bits per heavy atom. The number of amides is 2. The van der Waals surface area contributed by atoms with Gasteiger partial charge < -0.3 is 19.5 Å². The summed E-state index contributed by atoms with van der Waals surface area (Å²) in [7, 11) is 0. The standard InChI is InChI=1S/C30H33N5O3/c1-4-25-24-20-34(30(37)31-17-16-27(36)38-5-2)28(22-12-9-11-21(3)19-22)26-15-10-18-33(26)29(24)35(32-25)23-13-7-6-8-14-23/h6-15,18-19,28H,4-5,16-17,20H2,1-3H3,(H,31,37)/t28-/m1/s1. The predicted octanol–water partition coefficient (Wildman–Crippen LogP) is 5.10. The van der Waals surface area contributed by atoms with E-state index in [1.165, 1.54) is 0 Å². The quantitative estimate of drug-likeness (QED) is 0.350. The third-order valence-corrected chi connectivity index (χ3v) is 6.83. The van der Waals surface area contributed by atoms with Gasteiger partial charge in [-0.05, 0) is 50.1 Å². The lowest BCUT2D eigenvalue weighted by Crippen LogP contribution is -2.42. The van der Waals surface area contributed by atoms with E-state index in [9.17, 15) is 9.59 Å². The second-order valence-corrected chi connectivity index (χ2v) is 9.38. The zero-order valence-corrected chi connectivity index (χ0v) is 22.1. The summed E-state index contributed by atoms with van der Waals surface area (Å²) >= 11 is 0.